The second kappa shape index (κ2) is 8.56. The van der Waals surface area contributed by atoms with Crippen LogP contribution in [0.15, 0.2) is 73.3 Å². The van der Waals surface area contributed by atoms with Crippen LogP contribution in [0.5, 0.6) is 0 Å². The lowest BCUT2D eigenvalue weighted by molar-refractivity contribution is -0.115. The summed E-state index contributed by atoms with van der Waals surface area (Å²) in [5.74, 6) is 0.474. The summed E-state index contributed by atoms with van der Waals surface area (Å²) in [5.41, 5.74) is 4.27. The van der Waals surface area contributed by atoms with Gasteiger partial charge in [0.05, 0.1) is 18.3 Å². The number of fused-ring (bicyclic) bond motifs is 1. The number of carbonyl (C=O) groups is 1. The van der Waals surface area contributed by atoms with Crippen LogP contribution in [0.3, 0.4) is 0 Å². The lowest BCUT2D eigenvalue weighted by atomic mass is 10.1. The van der Waals surface area contributed by atoms with Crippen molar-refractivity contribution in [1.29, 1.82) is 0 Å². The van der Waals surface area contributed by atoms with Crippen molar-refractivity contribution < 1.29 is 4.79 Å². The number of rotatable bonds is 7. The molecule has 0 fully saturated rings. The summed E-state index contributed by atoms with van der Waals surface area (Å²) in [7, 11) is 2.04. The van der Waals surface area contributed by atoms with Crippen LogP contribution in [-0.2, 0) is 17.6 Å². The van der Waals surface area contributed by atoms with Crippen LogP contribution in [-0.4, -0.2) is 34.5 Å². The van der Waals surface area contributed by atoms with Crippen LogP contribution in [0.4, 0.5) is 11.5 Å². The highest BCUT2D eigenvalue weighted by Gasteiger charge is 2.10. The van der Waals surface area contributed by atoms with Crippen molar-refractivity contribution in [2.24, 2.45) is 0 Å². The number of hydrogen-bond acceptors (Lipinski definition) is 4. The summed E-state index contributed by atoms with van der Waals surface area (Å²) in [6, 6.07) is 15.8. The summed E-state index contributed by atoms with van der Waals surface area (Å²) in [4.78, 5) is 26.2. The first-order chi connectivity index (χ1) is 14.2. The number of para-hydroxylation sites is 1. The Morgan fingerprint density at radius 2 is 1.93 bits per heavy atom. The largest absolute Gasteiger partial charge is 0.373 e. The molecule has 3 heterocycles. The Labute approximate surface area is 169 Å². The monoisotopic (exact) mass is 385 g/mol. The molecule has 0 atom stereocenters. The maximum atomic E-state index is 12.4. The minimum absolute atomic E-state index is 0.0824. The zero-order chi connectivity index (χ0) is 20.1. The molecule has 1 amide bonds. The zero-order valence-corrected chi connectivity index (χ0v) is 16.3. The van der Waals surface area contributed by atoms with Gasteiger partial charge in [-0.25, -0.2) is 4.98 Å². The number of benzene rings is 1. The Balaban J connectivity index is 1.33. The number of likely N-dealkylation sites (N-methyl/N-ethyl adjacent to an activating group) is 1. The molecule has 1 aromatic carbocycles. The van der Waals surface area contributed by atoms with E-state index < -0.39 is 0 Å². The molecule has 6 heteroatoms. The van der Waals surface area contributed by atoms with E-state index in [-0.39, 0.29) is 5.91 Å². The normalized spacial score (nSPS) is 10.8. The van der Waals surface area contributed by atoms with Crippen LogP contribution in [0.25, 0.3) is 10.9 Å². The van der Waals surface area contributed by atoms with E-state index in [1.54, 1.807) is 6.20 Å². The highest BCUT2D eigenvalue weighted by molar-refractivity contribution is 5.95. The third-order valence-corrected chi connectivity index (χ3v) is 4.97. The number of hydrogen-bond donors (Lipinski definition) is 2. The SMILES string of the molecule is CN(CCc1ccncc1)c1ccc(NC(=O)Cc2c[nH]c3ccccc23)nc1. The smallest absolute Gasteiger partial charge is 0.230 e. The molecule has 0 aliphatic carbocycles. The molecular formula is C23H23N5O. The first-order valence-corrected chi connectivity index (χ1v) is 9.60. The van der Waals surface area contributed by atoms with Crippen LogP contribution in [0.1, 0.15) is 11.1 Å². The molecule has 0 unspecified atom stereocenters. The van der Waals surface area contributed by atoms with Crippen molar-refractivity contribution in [3.63, 3.8) is 0 Å². The number of nitrogens with zero attached hydrogens (tertiary/aromatic N) is 3. The minimum atomic E-state index is -0.0824. The van der Waals surface area contributed by atoms with Gasteiger partial charge >= 0.3 is 0 Å². The molecule has 6 nitrogen and oxygen atoms in total. The van der Waals surface area contributed by atoms with Gasteiger partial charge in [0.15, 0.2) is 0 Å². The lowest BCUT2D eigenvalue weighted by Gasteiger charge is -2.19. The average Bonchev–Trinajstić information content (AvgIpc) is 3.16. The van der Waals surface area contributed by atoms with Crippen molar-refractivity contribution in [3.8, 4) is 0 Å². The number of anilines is 2. The van der Waals surface area contributed by atoms with Crippen LogP contribution < -0.4 is 10.2 Å². The molecule has 3 aromatic heterocycles. The van der Waals surface area contributed by atoms with Gasteiger partial charge in [-0.1, -0.05) is 18.2 Å². The topological polar surface area (TPSA) is 73.9 Å². The number of aromatic amines is 1. The van der Waals surface area contributed by atoms with E-state index in [2.05, 4.69) is 25.2 Å². The molecule has 0 aliphatic rings. The van der Waals surface area contributed by atoms with E-state index in [4.69, 9.17) is 0 Å². The van der Waals surface area contributed by atoms with Crippen molar-refractivity contribution in [2.75, 3.05) is 23.8 Å². The molecule has 0 saturated heterocycles. The molecule has 0 saturated carbocycles. The number of carbonyl (C=O) groups excluding carboxylic acids is 1. The molecule has 2 N–H and O–H groups in total. The number of H-pyrrole nitrogens is 1. The highest BCUT2D eigenvalue weighted by Crippen LogP contribution is 2.19. The third-order valence-electron chi connectivity index (χ3n) is 4.97. The van der Waals surface area contributed by atoms with Crippen LogP contribution in [0, 0.1) is 0 Å². The first-order valence-electron chi connectivity index (χ1n) is 9.60. The molecular weight excluding hydrogens is 362 g/mol. The summed E-state index contributed by atoms with van der Waals surface area (Å²) in [6.45, 7) is 0.873. The standard InChI is InChI=1S/C23H23N5O/c1-28(13-10-17-8-11-24-12-9-17)19-6-7-22(26-16-19)27-23(29)14-18-15-25-21-5-3-2-4-20(18)21/h2-9,11-12,15-16,25H,10,13-14H2,1H3,(H,26,27,29). The van der Waals surface area contributed by atoms with Crippen molar-refractivity contribution in [3.05, 3.63) is 84.4 Å². The summed E-state index contributed by atoms with van der Waals surface area (Å²) in [6.07, 6.45) is 8.53. The summed E-state index contributed by atoms with van der Waals surface area (Å²) in [5, 5.41) is 3.95. The van der Waals surface area contributed by atoms with Crippen molar-refractivity contribution in [2.45, 2.75) is 12.8 Å². The zero-order valence-electron chi connectivity index (χ0n) is 16.3. The Kier molecular flexibility index (Phi) is 5.52. The summed E-state index contributed by atoms with van der Waals surface area (Å²) >= 11 is 0. The first kappa shape index (κ1) is 18.7. The highest BCUT2D eigenvalue weighted by atomic mass is 16.1. The van der Waals surface area contributed by atoms with Gasteiger partial charge in [-0.15, -0.1) is 0 Å². The second-order valence-electron chi connectivity index (χ2n) is 7.01. The van der Waals surface area contributed by atoms with E-state index >= 15 is 0 Å². The van der Waals surface area contributed by atoms with Gasteiger partial charge in [0.25, 0.3) is 0 Å². The Morgan fingerprint density at radius 1 is 1.10 bits per heavy atom. The molecule has 0 aliphatic heterocycles. The molecule has 0 radical (unpaired) electrons. The van der Waals surface area contributed by atoms with Gasteiger partial charge in [0.2, 0.25) is 5.91 Å². The average molecular weight is 385 g/mol. The van der Waals surface area contributed by atoms with Gasteiger partial charge in [-0.2, -0.15) is 0 Å². The van der Waals surface area contributed by atoms with Gasteiger partial charge in [-0.3, -0.25) is 9.78 Å². The van der Waals surface area contributed by atoms with E-state index in [1.807, 2.05) is 74.2 Å². The van der Waals surface area contributed by atoms with Gasteiger partial charge < -0.3 is 15.2 Å². The molecule has 29 heavy (non-hydrogen) atoms. The quantitative estimate of drug-likeness (QED) is 0.507. The van der Waals surface area contributed by atoms with E-state index in [1.165, 1.54) is 5.56 Å². The molecule has 4 rings (SSSR count). The maximum Gasteiger partial charge on any atom is 0.230 e. The fourth-order valence-electron chi connectivity index (χ4n) is 3.30. The Bertz CT molecular complexity index is 1090. The predicted octanol–water partition coefficient (Wildman–Crippen LogP) is 3.82. The fourth-order valence-corrected chi connectivity index (χ4v) is 3.30. The van der Waals surface area contributed by atoms with Crippen molar-refractivity contribution >= 4 is 28.3 Å². The Hall–Kier alpha value is -3.67. The lowest BCUT2D eigenvalue weighted by Crippen LogP contribution is -2.21. The number of amides is 1. The third kappa shape index (κ3) is 4.60. The van der Waals surface area contributed by atoms with Gasteiger partial charge in [0, 0.05) is 43.1 Å². The number of aromatic nitrogens is 3. The van der Waals surface area contributed by atoms with Gasteiger partial charge in [0.1, 0.15) is 5.82 Å². The molecule has 146 valence electrons. The van der Waals surface area contributed by atoms with Crippen molar-refractivity contribution in [1.82, 2.24) is 15.0 Å². The molecule has 0 spiro atoms. The number of pyridine rings is 2. The van der Waals surface area contributed by atoms with Crippen LogP contribution >= 0.6 is 0 Å². The minimum Gasteiger partial charge on any atom is -0.373 e. The van der Waals surface area contributed by atoms with E-state index in [9.17, 15) is 4.79 Å². The van der Waals surface area contributed by atoms with Crippen LogP contribution in [0.2, 0.25) is 0 Å². The predicted molar refractivity (Wildman–Crippen MR) is 116 cm³/mol. The molecule has 0 bridgehead atoms. The summed E-state index contributed by atoms with van der Waals surface area (Å²) < 4.78 is 0. The Morgan fingerprint density at radius 3 is 2.72 bits per heavy atom. The fraction of sp³-hybridized carbons (Fsp3) is 0.174. The van der Waals surface area contributed by atoms with Gasteiger partial charge in [-0.05, 0) is 47.9 Å². The van der Waals surface area contributed by atoms with E-state index in [0.717, 1.165) is 35.1 Å². The van der Waals surface area contributed by atoms with E-state index in [0.29, 0.717) is 12.2 Å². The maximum absolute atomic E-state index is 12.4. The number of nitrogens with one attached hydrogen (secondary N) is 2. The molecule has 4 aromatic rings. The second-order valence-corrected chi connectivity index (χ2v) is 7.01.